The van der Waals surface area contributed by atoms with Gasteiger partial charge in [-0.15, -0.1) is 5.10 Å². The Balaban J connectivity index is 1.69. The third-order valence-electron chi connectivity index (χ3n) is 4.91. The molecule has 0 spiro atoms. The summed E-state index contributed by atoms with van der Waals surface area (Å²) in [5.74, 6) is 0.905. The molecule has 2 aromatic heterocycles. The maximum absolute atomic E-state index is 4.77. The Labute approximate surface area is 125 Å². The maximum Gasteiger partial charge on any atom is 0.245 e. The average molecular weight is 285 g/mol. The molecule has 2 aromatic rings. The van der Waals surface area contributed by atoms with Crippen molar-refractivity contribution in [2.75, 3.05) is 18.0 Å². The van der Waals surface area contributed by atoms with Crippen LogP contribution in [0.5, 0.6) is 0 Å². The summed E-state index contributed by atoms with van der Waals surface area (Å²) >= 11 is 0. The Hall–Kier alpha value is -1.62. The fourth-order valence-electron chi connectivity index (χ4n) is 3.81. The highest BCUT2D eigenvalue weighted by molar-refractivity contribution is 5.46. The Morgan fingerprint density at radius 2 is 2.14 bits per heavy atom. The normalized spacial score (nSPS) is 26.6. The van der Waals surface area contributed by atoms with E-state index in [4.69, 9.17) is 10.1 Å². The lowest BCUT2D eigenvalue weighted by Gasteiger charge is -2.38. The van der Waals surface area contributed by atoms with E-state index in [1.54, 1.807) is 0 Å². The van der Waals surface area contributed by atoms with E-state index >= 15 is 0 Å². The van der Waals surface area contributed by atoms with Gasteiger partial charge in [0.05, 0.1) is 0 Å². The summed E-state index contributed by atoms with van der Waals surface area (Å²) in [5, 5.41) is 8.43. The fraction of sp³-hybridized carbons (Fsp3) is 0.625. The van der Waals surface area contributed by atoms with Crippen LogP contribution in [0.1, 0.15) is 37.8 Å². The molecule has 5 nitrogen and oxygen atoms in total. The molecule has 1 N–H and O–H groups in total. The number of rotatable bonds is 2. The highest BCUT2D eigenvalue weighted by atomic mass is 15.4. The summed E-state index contributed by atoms with van der Waals surface area (Å²) in [4.78, 5) is 7.21. The monoisotopic (exact) mass is 285 g/mol. The first-order valence-corrected chi connectivity index (χ1v) is 8.15. The van der Waals surface area contributed by atoms with E-state index in [0.717, 1.165) is 30.4 Å². The number of hydrogen-bond donors (Lipinski definition) is 1. The van der Waals surface area contributed by atoms with E-state index in [-0.39, 0.29) is 0 Å². The van der Waals surface area contributed by atoms with Crippen molar-refractivity contribution < 1.29 is 0 Å². The van der Waals surface area contributed by atoms with Gasteiger partial charge in [0.25, 0.3) is 0 Å². The number of hydrogen-bond acceptors (Lipinski definition) is 4. The molecule has 2 fully saturated rings. The molecule has 2 unspecified atom stereocenters. The van der Waals surface area contributed by atoms with Gasteiger partial charge in [-0.05, 0) is 57.7 Å². The first-order chi connectivity index (χ1) is 10.3. The van der Waals surface area contributed by atoms with Crippen LogP contribution in [0, 0.1) is 6.92 Å². The quantitative estimate of drug-likeness (QED) is 0.918. The zero-order valence-electron chi connectivity index (χ0n) is 12.6. The van der Waals surface area contributed by atoms with Crippen LogP contribution in [0.25, 0.3) is 5.65 Å². The first-order valence-electron chi connectivity index (χ1n) is 8.15. The van der Waals surface area contributed by atoms with Gasteiger partial charge in [0, 0.05) is 24.3 Å². The fourth-order valence-corrected chi connectivity index (χ4v) is 3.81. The van der Waals surface area contributed by atoms with Gasteiger partial charge in [-0.1, -0.05) is 6.07 Å². The number of nitrogens with zero attached hydrogens (tertiary/aromatic N) is 4. The molecule has 0 radical (unpaired) electrons. The average Bonchev–Trinajstić information content (AvgIpc) is 3.17. The molecule has 21 heavy (non-hydrogen) atoms. The summed E-state index contributed by atoms with van der Waals surface area (Å²) in [7, 11) is 0. The van der Waals surface area contributed by atoms with Crippen molar-refractivity contribution in [3.63, 3.8) is 0 Å². The van der Waals surface area contributed by atoms with E-state index in [1.807, 2.05) is 10.6 Å². The SMILES string of the molecule is Cc1cccc2nc(N3CCCCC3C3CCCN3)nn12. The molecule has 0 bridgehead atoms. The number of fused-ring (bicyclic) bond motifs is 1. The van der Waals surface area contributed by atoms with Crippen molar-refractivity contribution in [2.24, 2.45) is 0 Å². The minimum Gasteiger partial charge on any atom is -0.335 e. The smallest absolute Gasteiger partial charge is 0.245 e. The Morgan fingerprint density at radius 3 is 2.95 bits per heavy atom. The molecular formula is C16H23N5. The molecule has 0 amide bonds. The van der Waals surface area contributed by atoms with Crippen LogP contribution >= 0.6 is 0 Å². The van der Waals surface area contributed by atoms with E-state index in [2.05, 4.69) is 29.3 Å². The molecule has 2 aliphatic rings. The van der Waals surface area contributed by atoms with Crippen molar-refractivity contribution in [1.82, 2.24) is 19.9 Å². The van der Waals surface area contributed by atoms with E-state index in [1.165, 1.54) is 32.1 Å². The van der Waals surface area contributed by atoms with E-state index < -0.39 is 0 Å². The predicted octanol–water partition coefficient (Wildman–Crippen LogP) is 2.15. The van der Waals surface area contributed by atoms with Crippen molar-refractivity contribution in [2.45, 2.75) is 51.1 Å². The highest BCUT2D eigenvalue weighted by Crippen LogP contribution is 2.27. The molecule has 0 aliphatic carbocycles. The van der Waals surface area contributed by atoms with E-state index in [0.29, 0.717) is 12.1 Å². The largest absolute Gasteiger partial charge is 0.335 e. The second kappa shape index (κ2) is 5.30. The van der Waals surface area contributed by atoms with Gasteiger partial charge in [-0.2, -0.15) is 4.98 Å². The molecule has 2 aliphatic heterocycles. The van der Waals surface area contributed by atoms with Crippen LogP contribution in [-0.4, -0.2) is 39.8 Å². The molecule has 5 heteroatoms. The van der Waals surface area contributed by atoms with Gasteiger partial charge in [0.1, 0.15) is 0 Å². The van der Waals surface area contributed by atoms with Gasteiger partial charge in [0.15, 0.2) is 5.65 Å². The second-order valence-electron chi connectivity index (χ2n) is 6.31. The van der Waals surface area contributed by atoms with Gasteiger partial charge in [0.2, 0.25) is 5.95 Å². The van der Waals surface area contributed by atoms with Crippen molar-refractivity contribution in [3.05, 3.63) is 23.9 Å². The third kappa shape index (κ3) is 2.29. The number of piperidine rings is 1. The zero-order chi connectivity index (χ0) is 14.2. The summed E-state index contributed by atoms with van der Waals surface area (Å²) in [6, 6.07) is 7.33. The van der Waals surface area contributed by atoms with Crippen LogP contribution < -0.4 is 10.2 Å². The third-order valence-corrected chi connectivity index (χ3v) is 4.91. The Kier molecular flexibility index (Phi) is 3.30. The van der Waals surface area contributed by atoms with Crippen LogP contribution in [-0.2, 0) is 0 Å². The highest BCUT2D eigenvalue weighted by Gasteiger charge is 2.33. The second-order valence-corrected chi connectivity index (χ2v) is 6.31. The lowest BCUT2D eigenvalue weighted by atomic mass is 9.95. The molecule has 0 aromatic carbocycles. The summed E-state index contributed by atoms with van der Waals surface area (Å²) in [6.07, 6.45) is 6.41. The molecule has 4 rings (SSSR count). The van der Waals surface area contributed by atoms with E-state index in [9.17, 15) is 0 Å². The lowest BCUT2D eigenvalue weighted by molar-refractivity contribution is 0.374. The van der Waals surface area contributed by atoms with Crippen molar-refractivity contribution in [3.8, 4) is 0 Å². The Morgan fingerprint density at radius 1 is 1.19 bits per heavy atom. The molecule has 4 heterocycles. The van der Waals surface area contributed by atoms with Gasteiger partial charge < -0.3 is 10.2 Å². The van der Waals surface area contributed by atoms with Crippen LogP contribution in [0.3, 0.4) is 0 Å². The topological polar surface area (TPSA) is 45.5 Å². The van der Waals surface area contributed by atoms with Crippen molar-refractivity contribution in [1.29, 1.82) is 0 Å². The predicted molar refractivity (Wildman–Crippen MR) is 83.7 cm³/mol. The van der Waals surface area contributed by atoms with Gasteiger partial charge in [-0.3, -0.25) is 0 Å². The minimum absolute atomic E-state index is 0.555. The van der Waals surface area contributed by atoms with Crippen molar-refractivity contribution >= 4 is 11.6 Å². The zero-order valence-corrected chi connectivity index (χ0v) is 12.6. The number of aryl methyl sites for hydroxylation is 1. The maximum atomic E-state index is 4.77. The van der Waals surface area contributed by atoms with Crippen LogP contribution in [0.4, 0.5) is 5.95 Å². The van der Waals surface area contributed by atoms with Crippen LogP contribution in [0.15, 0.2) is 18.2 Å². The Bertz CT molecular complexity index is 629. The molecule has 2 atom stereocenters. The molecule has 2 saturated heterocycles. The molecule has 0 saturated carbocycles. The standard InChI is InChI=1S/C16H23N5/c1-12-6-4-9-15-18-16(19-21(12)15)20-11-3-2-8-14(20)13-7-5-10-17-13/h4,6,9,13-14,17H,2-3,5,7-8,10-11H2,1H3. The van der Waals surface area contributed by atoms with Gasteiger partial charge in [-0.25, -0.2) is 4.52 Å². The minimum atomic E-state index is 0.555. The summed E-state index contributed by atoms with van der Waals surface area (Å²) in [6.45, 7) is 4.32. The number of pyridine rings is 1. The number of nitrogens with one attached hydrogen (secondary N) is 1. The number of anilines is 1. The number of aromatic nitrogens is 3. The molecule has 112 valence electrons. The lowest BCUT2D eigenvalue weighted by Crippen LogP contribution is -2.50. The summed E-state index contributed by atoms with van der Waals surface area (Å²) < 4.78 is 1.96. The first kappa shape index (κ1) is 13.1. The summed E-state index contributed by atoms with van der Waals surface area (Å²) in [5.41, 5.74) is 2.09. The van der Waals surface area contributed by atoms with Gasteiger partial charge >= 0.3 is 0 Å². The van der Waals surface area contributed by atoms with Crippen LogP contribution in [0.2, 0.25) is 0 Å². The molecular weight excluding hydrogens is 262 g/mol.